The van der Waals surface area contributed by atoms with Gasteiger partial charge in [-0.25, -0.2) is 0 Å². The second-order valence-corrected chi connectivity index (χ2v) is 4.29. The van der Waals surface area contributed by atoms with Crippen LogP contribution in [0.5, 0.6) is 5.75 Å². The quantitative estimate of drug-likeness (QED) is 0.597. The zero-order valence-electron chi connectivity index (χ0n) is 8.09. The van der Waals surface area contributed by atoms with Gasteiger partial charge in [-0.3, -0.25) is 0 Å². The summed E-state index contributed by atoms with van der Waals surface area (Å²) in [5.41, 5.74) is 2.56. The van der Waals surface area contributed by atoms with Crippen molar-refractivity contribution >= 4 is 5.69 Å². The maximum atomic E-state index is 9.39. The van der Waals surface area contributed by atoms with Crippen molar-refractivity contribution in [1.29, 1.82) is 0 Å². The molecule has 0 unspecified atom stereocenters. The number of benzene rings is 1. The van der Waals surface area contributed by atoms with E-state index in [2.05, 4.69) is 19.2 Å². The lowest BCUT2D eigenvalue weighted by atomic mass is 9.78. The fourth-order valence-corrected chi connectivity index (χ4v) is 1.89. The summed E-state index contributed by atoms with van der Waals surface area (Å²) < 4.78 is 0. The molecule has 0 atom stereocenters. The van der Waals surface area contributed by atoms with Gasteiger partial charge >= 0.3 is 0 Å². The van der Waals surface area contributed by atoms with Gasteiger partial charge in [0.2, 0.25) is 0 Å². The molecule has 2 nitrogen and oxygen atoms in total. The minimum atomic E-state index is 0.180. The van der Waals surface area contributed by atoms with Crippen molar-refractivity contribution in [1.82, 2.24) is 0 Å². The summed E-state index contributed by atoms with van der Waals surface area (Å²) in [5.74, 6) is 0.357. The van der Waals surface area contributed by atoms with Crippen LogP contribution < -0.4 is 5.32 Å². The van der Waals surface area contributed by atoms with E-state index in [1.807, 2.05) is 12.1 Å². The van der Waals surface area contributed by atoms with E-state index in [0.29, 0.717) is 5.75 Å². The fraction of sp³-hybridized carbons (Fsp3) is 0.455. The Kier molecular flexibility index (Phi) is 1.72. The largest absolute Gasteiger partial charge is 0.508 e. The first-order valence-corrected chi connectivity index (χ1v) is 4.67. The summed E-state index contributed by atoms with van der Waals surface area (Å²) in [6.07, 6.45) is 1.11. The van der Waals surface area contributed by atoms with Crippen molar-refractivity contribution < 1.29 is 5.11 Å². The summed E-state index contributed by atoms with van der Waals surface area (Å²) in [6.45, 7) is 5.45. The Morgan fingerprint density at radius 2 is 2.15 bits per heavy atom. The normalized spacial score (nSPS) is 18.9. The third-order valence-corrected chi connectivity index (χ3v) is 2.80. The maximum absolute atomic E-state index is 9.39. The Hall–Kier alpha value is -1.18. The predicted molar refractivity (Wildman–Crippen MR) is 54.2 cm³/mol. The molecule has 0 bridgehead atoms. The Balaban J connectivity index is 2.55. The SMILES string of the molecule is CC1(C)CCNc2ccc(O)cc21. The fourth-order valence-electron chi connectivity index (χ4n) is 1.89. The summed E-state index contributed by atoms with van der Waals surface area (Å²) in [4.78, 5) is 0. The van der Waals surface area contributed by atoms with E-state index in [4.69, 9.17) is 0 Å². The van der Waals surface area contributed by atoms with E-state index in [1.54, 1.807) is 6.07 Å². The number of hydrogen-bond donors (Lipinski definition) is 2. The van der Waals surface area contributed by atoms with Gasteiger partial charge in [0.1, 0.15) is 5.75 Å². The van der Waals surface area contributed by atoms with E-state index in [9.17, 15) is 5.11 Å². The topological polar surface area (TPSA) is 32.3 Å². The Morgan fingerprint density at radius 1 is 1.38 bits per heavy atom. The number of hydrogen-bond acceptors (Lipinski definition) is 2. The minimum Gasteiger partial charge on any atom is -0.508 e. The molecule has 0 fully saturated rings. The van der Waals surface area contributed by atoms with Crippen LogP contribution in [0.3, 0.4) is 0 Å². The molecule has 0 radical (unpaired) electrons. The summed E-state index contributed by atoms with van der Waals surface area (Å²) >= 11 is 0. The molecule has 0 saturated carbocycles. The molecule has 2 heteroatoms. The minimum absolute atomic E-state index is 0.180. The van der Waals surface area contributed by atoms with Gasteiger partial charge in [0, 0.05) is 12.2 Å². The second kappa shape index (κ2) is 2.66. The third kappa shape index (κ3) is 1.37. The van der Waals surface area contributed by atoms with Crippen LogP contribution in [0.4, 0.5) is 5.69 Å². The van der Waals surface area contributed by atoms with Gasteiger partial charge in [0.25, 0.3) is 0 Å². The monoisotopic (exact) mass is 177 g/mol. The molecule has 0 spiro atoms. The molecule has 1 aliphatic rings. The van der Waals surface area contributed by atoms with Crippen molar-refractivity contribution in [2.45, 2.75) is 25.7 Å². The highest BCUT2D eigenvalue weighted by Crippen LogP contribution is 2.38. The molecule has 0 amide bonds. The van der Waals surface area contributed by atoms with Crippen LogP contribution >= 0.6 is 0 Å². The molecular weight excluding hydrogens is 162 g/mol. The summed E-state index contributed by atoms with van der Waals surface area (Å²) in [7, 11) is 0. The molecular formula is C11H15NO. The lowest BCUT2D eigenvalue weighted by Crippen LogP contribution is -2.27. The predicted octanol–water partition coefficient (Wildman–Crippen LogP) is 2.49. The standard InChI is InChI=1S/C11H15NO/c1-11(2)5-6-12-10-4-3-8(13)7-9(10)11/h3-4,7,12-13H,5-6H2,1-2H3. The van der Waals surface area contributed by atoms with Crippen LogP contribution in [0.25, 0.3) is 0 Å². The molecule has 1 aromatic rings. The van der Waals surface area contributed by atoms with Crippen molar-refractivity contribution in [2.75, 3.05) is 11.9 Å². The number of rotatable bonds is 0. The van der Waals surface area contributed by atoms with E-state index < -0.39 is 0 Å². The van der Waals surface area contributed by atoms with Crippen LogP contribution in [-0.2, 0) is 5.41 Å². The number of aromatic hydroxyl groups is 1. The van der Waals surface area contributed by atoms with Gasteiger partial charge in [-0.15, -0.1) is 0 Å². The molecule has 1 aliphatic heterocycles. The number of phenols is 1. The highest BCUT2D eigenvalue weighted by molar-refractivity contribution is 5.58. The van der Waals surface area contributed by atoms with Crippen LogP contribution in [0.1, 0.15) is 25.8 Å². The maximum Gasteiger partial charge on any atom is 0.116 e. The van der Waals surface area contributed by atoms with Gasteiger partial charge in [-0.05, 0) is 35.6 Å². The molecule has 0 aromatic heterocycles. The molecule has 1 aromatic carbocycles. The van der Waals surface area contributed by atoms with Crippen molar-refractivity contribution in [3.8, 4) is 5.75 Å². The lowest BCUT2D eigenvalue weighted by Gasteiger charge is -2.33. The van der Waals surface area contributed by atoms with Crippen LogP contribution in [-0.4, -0.2) is 11.7 Å². The third-order valence-electron chi connectivity index (χ3n) is 2.80. The second-order valence-electron chi connectivity index (χ2n) is 4.29. The summed E-state index contributed by atoms with van der Waals surface area (Å²) in [6, 6.07) is 5.54. The van der Waals surface area contributed by atoms with Gasteiger partial charge in [0.15, 0.2) is 0 Å². The zero-order valence-corrected chi connectivity index (χ0v) is 8.09. The van der Waals surface area contributed by atoms with Crippen molar-refractivity contribution in [3.05, 3.63) is 23.8 Å². The number of fused-ring (bicyclic) bond motifs is 1. The Morgan fingerprint density at radius 3 is 2.92 bits per heavy atom. The van der Waals surface area contributed by atoms with Gasteiger partial charge < -0.3 is 10.4 Å². The molecule has 0 aliphatic carbocycles. The number of phenolic OH excluding ortho intramolecular Hbond substituents is 1. The zero-order chi connectivity index (χ0) is 9.47. The number of anilines is 1. The average Bonchev–Trinajstić information content (AvgIpc) is 2.06. The van der Waals surface area contributed by atoms with Gasteiger partial charge in [-0.2, -0.15) is 0 Å². The van der Waals surface area contributed by atoms with E-state index in [0.717, 1.165) is 18.7 Å². The summed E-state index contributed by atoms with van der Waals surface area (Å²) in [5, 5.41) is 12.7. The number of nitrogens with one attached hydrogen (secondary N) is 1. The molecule has 13 heavy (non-hydrogen) atoms. The molecule has 1 heterocycles. The molecule has 0 saturated heterocycles. The molecule has 2 N–H and O–H groups in total. The van der Waals surface area contributed by atoms with E-state index >= 15 is 0 Å². The first kappa shape index (κ1) is 8.42. The smallest absolute Gasteiger partial charge is 0.116 e. The van der Waals surface area contributed by atoms with Gasteiger partial charge in [-0.1, -0.05) is 13.8 Å². The Labute approximate surface area is 78.6 Å². The van der Waals surface area contributed by atoms with Crippen LogP contribution in [0.2, 0.25) is 0 Å². The highest BCUT2D eigenvalue weighted by atomic mass is 16.3. The van der Waals surface area contributed by atoms with Crippen molar-refractivity contribution in [3.63, 3.8) is 0 Å². The van der Waals surface area contributed by atoms with Crippen LogP contribution in [0, 0.1) is 0 Å². The highest BCUT2D eigenvalue weighted by Gasteiger charge is 2.27. The van der Waals surface area contributed by atoms with Gasteiger partial charge in [0.05, 0.1) is 0 Å². The molecule has 2 rings (SSSR count). The van der Waals surface area contributed by atoms with Crippen molar-refractivity contribution in [2.24, 2.45) is 0 Å². The average molecular weight is 177 g/mol. The lowest BCUT2D eigenvalue weighted by molar-refractivity contribution is 0.456. The first-order chi connectivity index (χ1) is 6.09. The Bertz CT molecular complexity index is 331. The van der Waals surface area contributed by atoms with E-state index in [-0.39, 0.29) is 5.41 Å². The molecule has 70 valence electrons. The first-order valence-electron chi connectivity index (χ1n) is 4.67. The van der Waals surface area contributed by atoms with E-state index in [1.165, 1.54) is 5.56 Å². The van der Waals surface area contributed by atoms with Crippen LogP contribution in [0.15, 0.2) is 18.2 Å².